The molecule has 1 aromatic carbocycles. The topological polar surface area (TPSA) is 44.1 Å². The van der Waals surface area contributed by atoms with Crippen molar-refractivity contribution in [1.82, 2.24) is 9.55 Å². The number of aryl methyl sites for hydroxylation is 2. The van der Waals surface area contributed by atoms with Crippen LogP contribution in [0.15, 0.2) is 24.4 Å². The first-order chi connectivity index (χ1) is 13.5. The zero-order valence-electron chi connectivity index (χ0n) is 15.8. The number of carbonyl (C=O) groups is 1. The fraction of sp³-hybridized carbons (Fsp3) is 0.300. The van der Waals surface area contributed by atoms with Gasteiger partial charge in [0.15, 0.2) is 5.69 Å². The quantitative estimate of drug-likeness (QED) is 0.465. The first-order valence-electron chi connectivity index (χ1n) is 8.70. The number of hydrogen-bond donors (Lipinski definition) is 0. The monoisotopic (exact) mass is 444 g/mol. The Labute approximate surface area is 175 Å². The maximum absolute atomic E-state index is 13.2. The number of halogens is 5. The molecule has 0 radical (unpaired) electrons. The Morgan fingerprint density at radius 1 is 1.24 bits per heavy atom. The molecule has 29 heavy (non-hydrogen) atoms. The van der Waals surface area contributed by atoms with Gasteiger partial charge >= 0.3 is 12.1 Å². The van der Waals surface area contributed by atoms with Gasteiger partial charge in [-0.1, -0.05) is 23.2 Å². The molecule has 0 aliphatic rings. The van der Waals surface area contributed by atoms with Crippen molar-refractivity contribution < 1.29 is 22.7 Å². The zero-order valence-corrected chi connectivity index (χ0v) is 17.3. The number of alkyl halides is 3. The van der Waals surface area contributed by atoms with E-state index in [2.05, 4.69) is 4.98 Å². The maximum atomic E-state index is 13.2. The first-order valence-corrected chi connectivity index (χ1v) is 9.46. The van der Waals surface area contributed by atoms with Crippen molar-refractivity contribution >= 4 is 40.1 Å². The third-order valence-corrected chi connectivity index (χ3v) is 5.42. The van der Waals surface area contributed by atoms with E-state index in [4.69, 9.17) is 27.9 Å². The third-order valence-electron chi connectivity index (χ3n) is 4.69. The molecule has 0 fully saturated rings. The molecule has 0 unspecified atom stereocenters. The number of hydrogen-bond acceptors (Lipinski definition) is 3. The molecule has 2 aromatic heterocycles. The third kappa shape index (κ3) is 4.07. The molecule has 0 atom stereocenters. The summed E-state index contributed by atoms with van der Waals surface area (Å²) in [5.74, 6) is -0.668. The highest BCUT2D eigenvalue weighted by molar-refractivity contribution is 6.37. The second kappa shape index (κ2) is 7.88. The van der Waals surface area contributed by atoms with Crippen LogP contribution in [0, 0.1) is 6.92 Å². The molecule has 0 N–H and O–H groups in total. The van der Waals surface area contributed by atoms with Crippen LogP contribution in [0.2, 0.25) is 10.0 Å². The standard InChI is InChI=1S/C20H17Cl2F3N2O2/c1-4-29-19(28)18-17(22)14(15(21)9-26-18)8-12-7-13-10(2)5-11(20(23,24)25)6-16(13)27(12)3/h5-7,9H,4,8H2,1-3H3. The Morgan fingerprint density at radius 3 is 2.55 bits per heavy atom. The van der Waals surface area contributed by atoms with Crippen LogP contribution >= 0.6 is 23.2 Å². The van der Waals surface area contributed by atoms with Crippen LogP contribution in [0.5, 0.6) is 0 Å². The zero-order chi connectivity index (χ0) is 21.5. The average Bonchev–Trinajstić information content (AvgIpc) is 2.95. The molecule has 0 saturated heterocycles. The highest BCUT2D eigenvalue weighted by atomic mass is 35.5. The van der Waals surface area contributed by atoms with Gasteiger partial charge in [0.2, 0.25) is 0 Å². The predicted octanol–water partition coefficient (Wildman–Crippen LogP) is 5.97. The Bertz CT molecular complexity index is 1110. The van der Waals surface area contributed by atoms with Gasteiger partial charge in [0.1, 0.15) is 0 Å². The molecule has 0 aliphatic heterocycles. The summed E-state index contributed by atoms with van der Waals surface area (Å²) in [5.41, 5.74) is 1.33. The molecule has 3 rings (SSSR count). The minimum absolute atomic E-state index is 0.0535. The summed E-state index contributed by atoms with van der Waals surface area (Å²) in [6.07, 6.45) is -2.92. The van der Waals surface area contributed by atoms with Gasteiger partial charge in [0.05, 0.1) is 22.2 Å². The van der Waals surface area contributed by atoms with Crippen LogP contribution in [0.25, 0.3) is 10.9 Å². The molecule has 4 nitrogen and oxygen atoms in total. The predicted molar refractivity (Wildman–Crippen MR) is 106 cm³/mol. The molecule has 0 spiro atoms. The lowest BCUT2D eigenvalue weighted by Gasteiger charge is -2.12. The van der Waals surface area contributed by atoms with E-state index in [1.807, 2.05) is 0 Å². The minimum atomic E-state index is -4.43. The molecule has 0 bridgehead atoms. The first kappa shape index (κ1) is 21.5. The van der Waals surface area contributed by atoms with Gasteiger partial charge in [0.25, 0.3) is 0 Å². The van der Waals surface area contributed by atoms with E-state index in [0.717, 1.165) is 12.1 Å². The van der Waals surface area contributed by atoms with Gasteiger partial charge < -0.3 is 9.30 Å². The summed E-state index contributed by atoms with van der Waals surface area (Å²) in [5, 5.41) is 1.01. The summed E-state index contributed by atoms with van der Waals surface area (Å²) in [6.45, 7) is 3.46. The molecular weight excluding hydrogens is 428 g/mol. The summed E-state index contributed by atoms with van der Waals surface area (Å²) in [7, 11) is 1.67. The Kier molecular flexibility index (Phi) is 5.83. The summed E-state index contributed by atoms with van der Waals surface area (Å²) >= 11 is 12.6. The van der Waals surface area contributed by atoms with E-state index >= 15 is 0 Å². The van der Waals surface area contributed by atoms with Crippen LogP contribution < -0.4 is 0 Å². The Hall–Kier alpha value is -2.25. The van der Waals surface area contributed by atoms with Crippen LogP contribution in [0.3, 0.4) is 0 Å². The number of carbonyl (C=O) groups excluding carboxylic acids is 1. The number of aromatic nitrogens is 2. The number of pyridine rings is 1. The minimum Gasteiger partial charge on any atom is -0.461 e. The van der Waals surface area contributed by atoms with Gasteiger partial charge in [-0.25, -0.2) is 9.78 Å². The molecule has 154 valence electrons. The lowest BCUT2D eigenvalue weighted by molar-refractivity contribution is -0.137. The fourth-order valence-corrected chi connectivity index (χ4v) is 3.74. The van der Waals surface area contributed by atoms with Crippen molar-refractivity contribution in [3.63, 3.8) is 0 Å². The molecule has 0 amide bonds. The van der Waals surface area contributed by atoms with Crippen molar-refractivity contribution in [2.75, 3.05) is 6.61 Å². The van der Waals surface area contributed by atoms with Crippen LogP contribution in [-0.2, 0) is 24.4 Å². The number of ether oxygens (including phenoxy) is 1. The average molecular weight is 445 g/mol. The second-order valence-electron chi connectivity index (χ2n) is 6.56. The fourth-order valence-electron chi connectivity index (χ4n) is 3.18. The van der Waals surface area contributed by atoms with Gasteiger partial charge in [-0.15, -0.1) is 0 Å². The van der Waals surface area contributed by atoms with E-state index in [0.29, 0.717) is 27.7 Å². The van der Waals surface area contributed by atoms with Gasteiger partial charge in [-0.3, -0.25) is 0 Å². The Morgan fingerprint density at radius 2 is 1.93 bits per heavy atom. The van der Waals surface area contributed by atoms with Gasteiger partial charge in [0, 0.05) is 36.3 Å². The number of rotatable bonds is 4. The van der Waals surface area contributed by atoms with Crippen molar-refractivity contribution in [2.45, 2.75) is 26.4 Å². The van der Waals surface area contributed by atoms with E-state index in [-0.39, 0.29) is 28.8 Å². The molecule has 9 heteroatoms. The van der Waals surface area contributed by atoms with Crippen molar-refractivity contribution in [3.8, 4) is 0 Å². The van der Waals surface area contributed by atoms with Crippen molar-refractivity contribution in [1.29, 1.82) is 0 Å². The lowest BCUT2D eigenvalue weighted by atomic mass is 10.1. The maximum Gasteiger partial charge on any atom is 0.416 e. The number of fused-ring (bicyclic) bond motifs is 1. The molecule has 0 saturated carbocycles. The van der Waals surface area contributed by atoms with Crippen LogP contribution in [0.1, 0.15) is 39.8 Å². The van der Waals surface area contributed by atoms with Gasteiger partial charge in [-0.2, -0.15) is 13.2 Å². The van der Waals surface area contributed by atoms with E-state index in [9.17, 15) is 18.0 Å². The van der Waals surface area contributed by atoms with Crippen molar-refractivity contribution in [2.24, 2.45) is 7.05 Å². The number of nitrogens with zero attached hydrogens (tertiary/aromatic N) is 2. The SMILES string of the molecule is CCOC(=O)c1ncc(Cl)c(Cc2cc3c(C)cc(C(F)(F)F)cc3n2C)c1Cl. The van der Waals surface area contributed by atoms with Crippen LogP contribution in [0.4, 0.5) is 13.2 Å². The number of benzene rings is 1. The number of esters is 1. The summed E-state index contributed by atoms with van der Waals surface area (Å²) in [4.78, 5) is 16.0. The summed E-state index contributed by atoms with van der Waals surface area (Å²) in [6, 6.07) is 4.03. The molecular formula is C20H17Cl2F3N2O2. The van der Waals surface area contributed by atoms with E-state index in [1.165, 1.54) is 6.20 Å². The second-order valence-corrected chi connectivity index (χ2v) is 7.35. The molecule has 3 aromatic rings. The smallest absolute Gasteiger partial charge is 0.416 e. The van der Waals surface area contributed by atoms with E-state index in [1.54, 1.807) is 31.5 Å². The normalized spacial score (nSPS) is 11.9. The Balaban J connectivity index is 2.10. The van der Waals surface area contributed by atoms with E-state index < -0.39 is 17.7 Å². The van der Waals surface area contributed by atoms with Crippen molar-refractivity contribution in [3.05, 3.63) is 62.5 Å². The molecule has 2 heterocycles. The lowest BCUT2D eigenvalue weighted by Crippen LogP contribution is -2.10. The highest BCUT2D eigenvalue weighted by Gasteiger charge is 2.31. The van der Waals surface area contributed by atoms with Crippen LogP contribution in [-0.4, -0.2) is 22.1 Å². The molecule has 0 aliphatic carbocycles. The summed E-state index contributed by atoms with van der Waals surface area (Å²) < 4.78 is 46.1. The largest absolute Gasteiger partial charge is 0.461 e. The highest BCUT2D eigenvalue weighted by Crippen LogP contribution is 2.35. The van der Waals surface area contributed by atoms with Gasteiger partial charge in [-0.05, 0) is 43.2 Å².